The molecule has 8 heteroatoms. The largest absolute Gasteiger partial charge is 0.456 e. The lowest BCUT2D eigenvalue weighted by molar-refractivity contribution is 0.0998. The Balaban J connectivity index is 1.62. The number of nitrogens with one attached hydrogen (secondary N) is 2. The smallest absolute Gasteiger partial charge is 0.319 e. The van der Waals surface area contributed by atoms with Crippen LogP contribution in [-0.2, 0) is 13.2 Å². The van der Waals surface area contributed by atoms with Crippen molar-refractivity contribution in [1.82, 2.24) is 5.32 Å². The maximum Gasteiger partial charge on any atom is 0.319 e. The summed E-state index contributed by atoms with van der Waals surface area (Å²) in [5, 5.41) is 14.4. The summed E-state index contributed by atoms with van der Waals surface area (Å²) in [6, 6.07) is 17.0. The third-order valence-electron chi connectivity index (χ3n) is 4.21. The second kappa shape index (κ2) is 9.53. The monoisotopic (exact) mass is 409 g/mol. The summed E-state index contributed by atoms with van der Waals surface area (Å²) in [5.41, 5.74) is 6.88. The highest BCUT2D eigenvalue weighted by Crippen LogP contribution is 2.27. The molecule has 0 heterocycles. The lowest BCUT2D eigenvalue weighted by Crippen LogP contribution is -2.28. The molecule has 30 heavy (non-hydrogen) atoms. The molecule has 0 aromatic heterocycles. The predicted molar refractivity (Wildman–Crippen MR) is 110 cm³/mol. The van der Waals surface area contributed by atoms with Crippen LogP contribution in [0, 0.1) is 5.82 Å². The number of hydrogen-bond donors (Lipinski definition) is 4. The second-order valence-electron chi connectivity index (χ2n) is 6.38. The molecule has 0 aliphatic carbocycles. The standard InChI is InChI=1S/C22H20FN3O4/c23-19-9-8-14(10-15(19)13-27)12-25-22(29)26-16-4-3-5-17(11-16)30-20-7-2-1-6-18(20)21(24)28/h1-11,27H,12-13H2,(H2,24,28)(H2,25,26,29). The summed E-state index contributed by atoms with van der Waals surface area (Å²) < 4.78 is 19.1. The topological polar surface area (TPSA) is 114 Å². The number of anilines is 1. The van der Waals surface area contributed by atoms with Gasteiger partial charge in [0.2, 0.25) is 0 Å². The van der Waals surface area contributed by atoms with Crippen LogP contribution in [0.15, 0.2) is 66.7 Å². The zero-order chi connectivity index (χ0) is 21.5. The van der Waals surface area contributed by atoms with Crippen molar-refractivity contribution in [3.8, 4) is 11.5 Å². The Hall–Kier alpha value is -3.91. The highest BCUT2D eigenvalue weighted by Gasteiger charge is 2.10. The van der Waals surface area contributed by atoms with E-state index in [-0.39, 0.29) is 17.7 Å². The number of nitrogens with two attached hydrogens (primary N) is 1. The minimum atomic E-state index is -0.607. The van der Waals surface area contributed by atoms with Crippen LogP contribution in [0.3, 0.4) is 0 Å². The average Bonchev–Trinajstić information content (AvgIpc) is 2.73. The molecule has 154 valence electrons. The number of benzene rings is 3. The van der Waals surface area contributed by atoms with Crippen molar-refractivity contribution in [2.24, 2.45) is 5.73 Å². The molecule has 0 spiro atoms. The molecular weight excluding hydrogens is 389 g/mol. The number of rotatable bonds is 7. The SMILES string of the molecule is NC(=O)c1ccccc1Oc1cccc(NC(=O)NCc2ccc(F)c(CO)c2)c1. The first-order chi connectivity index (χ1) is 14.5. The number of ether oxygens (including phenoxy) is 1. The first kappa shape index (κ1) is 20.8. The number of amides is 3. The van der Waals surface area contributed by atoms with Gasteiger partial charge < -0.3 is 26.2 Å². The maximum atomic E-state index is 13.4. The highest BCUT2D eigenvalue weighted by molar-refractivity contribution is 5.95. The zero-order valence-corrected chi connectivity index (χ0v) is 15.9. The minimum Gasteiger partial charge on any atom is -0.456 e. The van der Waals surface area contributed by atoms with Crippen molar-refractivity contribution in [1.29, 1.82) is 0 Å². The van der Waals surface area contributed by atoms with E-state index in [0.717, 1.165) is 0 Å². The van der Waals surface area contributed by atoms with Gasteiger partial charge in [-0.1, -0.05) is 24.3 Å². The van der Waals surface area contributed by atoms with Crippen molar-refractivity contribution < 1.29 is 23.8 Å². The number of aliphatic hydroxyl groups excluding tert-OH is 1. The van der Waals surface area contributed by atoms with Crippen molar-refractivity contribution in [2.45, 2.75) is 13.2 Å². The Labute approximate surface area is 172 Å². The van der Waals surface area contributed by atoms with Gasteiger partial charge in [-0.3, -0.25) is 4.79 Å². The normalized spacial score (nSPS) is 10.3. The van der Waals surface area contributed by atoms with E-state index in [1.54, 1.807) is 48.5 Å². The molecule has 0 atom stereocenters. The predicted octanol–water partition coefficient (Wildman–Crippen LogP) is 3.53. The second-order valence-corrected chi connectivity index (χ2v) is 6.38. The molecule has 3 rings (SSSR count). The van der Waals surface area contributed by atoms with E-state index in [0.29, 0.717) is 22.7 Å². The number of hydrogen-bond acceptors (Lipinski definition) is 4. The van der Waals surface area contributed by atoms with Crippen LogP contribution in [0.5, 0.6) is 11.5 Å². The quantitative estimate of drug-likeness (QED) is 0.478. The van der Waals surface area contributed by atoms with Gasteiger partial charge in [0, 0.05) is 23.9 Å². The lowest BCUT2D eigenvalue weighted by atomic mass is 10.1. The fourth-order valence-corrected chi connectivity index (χ4v) is 2.74. The van der Waals surface area contributed by atoms with Crippen LogP contribution >= 0.6 is 0 Å². The molecule has 0 bridgehead atoms. The Morgan fingerprint density at radius 2 is 1.83 bits per heavy atom. The summed E-state index contributed by atoms with van der Waals surface area (Å²) in [7, 11) is 0. The van der Waals surface area contributed by atoms with Crippen LogP contribution in [0.1, 0.15) is 21.5 Å². The number of carbonyl (C=O) groups is 2. The number of halogens is 1. The summed E-state index contributed by atoms with van der Waals surface area (Å²) in [6.07, 6.45) is 0. The number of urea groups is 1. The van der Waals surface area contributed by atoms with E-state index in [9.17, 15) is 14.0 Å². The Morgan fingerprint density at radius 3 is 2.60 bits per heavy atom. The first-order valence-electron chi connectivity index (χ1n) is 9.06. The molecule has 0 aliphatic heterocycles. The average molecular weight is 409 g/mol. The fraction of sp³-hybridized carbons (Fsp3) is 0.0909. The maximum absolute atomic E-state index is 13.4. The van der Waals surface area contributed by atoms with Crippen LogP contribution < -0.4 is 21.1 Å². The van der Waals surface area contributed by atoms with Crippen LogP contribution in [0.2, 0.25) is 0 Å². The minimum absolute atomic E-state index is 0.154. The first-order valence-corrected chi connectivity index (χ1v) is 9.06. The number of primary amides is 1. The molecule has 0 radical (unpaired) electrons. The molecule has 0 fully saturated rings. The van der Waals surface area contributed by atoms with Crippen LogP contribution in [0.25, 0.3) is 0 Å². The third kappa shape index (κ3) is 5.33. The lowest BCUT2D eigenvalue weighted by Gasteiger charge is -2.12. The van der Waals surface area contributed by atoms with Gasteiger partial charge in [-0.15, -0.1) is 0 Å². The van der Waals surface area contributed by atoms with Gasteiger partial charge in [0.05, 0.1) is 12.2 Å². The summed E-state index contributed by atoms with van der Waals surface area (Å²) in [4.78, 5) is 23.7. The van der Waals surface area contributed by atoms with Gasteiger partial charge in [0.25, 0.3) is 5.91 Å². The van der Waals surface area contributed by atoms with Crippen LogP contribution in [-0.4, -0.2) is 17.0 Å². The molecule has 0 unspecified atom stereocenters. The van der Waals surface area contributed by atoms with Gasteiger partial charge >= 0.3 is 6.03 Å². The fourth-order valence-electron chi connectivity index (χ4n) is 2.74. The summed E-state index contributed by atoms with van der Waals surface area (Å²) in [6.45, 7) is -0.265. The summed E-state index contributed by atoms with van der Waals surface area (Å²) >= 11 is 0. The van der Waals surface area contributed by atoms with Gasteiger partial charge in [-0.25, -0.2) is 9.18 Å². The van der Waals surface area contributed by atoms with Crippen molar-refractivity contribution >= 4 is 17.6 Å². The van der Waals surface area contributed by atoms with Gasteiger partial charge in [-0.05, 0) is 42.0 Å². The van der Waals surface area contributed by atoms with Gasteiger partial charge in [0.1, 0.15) is 17.3 Å². The van der Waals surface area contributed by atoms with E-state index in [2.05, 4.69) is 10.6 Å². The Bertz CT molecular complexity index is 1070. The van der Waals surface area contributed by atoms with E-state index in [4.69, 9.17) is 15.6 Å². The molecule has 0 saturated carbocycles. The molecule has 5 N–H and O–H groups in total. The Kier molecular flexibility index (Phi) is 6.61. The van der Waals surface area contributed by atoms with E-state index >= 15 is 0 Å². The van der Waals surface area contributed by atoms with E-state index in [1.165, 1.54) is 18.2 Å². The number of para-hydroxylation sites is 1. The van der Waals surface area contributed by atoms with Gasteiger partial charge in [0.15, 0.2) is 0 Å². The third-order valence-corrected chi connectivity index (χ3v) is 4.21. The van der Waals surface area contributed by atoms with Crippen molar-refractivity contribution in [3.63, 3.8) is 0 Å². The number of aliphatic hydroxyl groups is 1. The molecule has 3 amide bonds. The molecule has 3 aromatic carbocycles. The Morgan fingerprint density at radius 1 is 1.03 bits per heavy atom. The van der Waals surface area contributed by atoms with Crippen molar-refractivity contribution in [2.75, 3.05) is 5.32 Å². The van der Waals surface area contributed by atoms with Crippen LogP contribution in [0.4, 0.5) is 14.9 Å². The van der Waals surface area contributed by atoms with E-state index in [1.807, 2.05) is 0 Å². The van der Waals surface area contributed by atoms with Gasteiger partial charge in [-0.2, -0.15) is 0 Å². The molecule has 0 aliphatic rings. The zero-order valence-electron chi connectivity index (χ0n) is 15.9. The molecule has 0 saturated heterocycles. The highest BCUT2D eigenvalue weighted by atomic mass is 19.1. The van der Waals surface area contributed by atoms with E-state index < -0.39 is 24.4 Å². The molecule has 3 aromatic rings. The number of carbonyl (C=O) groups excluding carboxylic acids is 2. The molecular formula is C22H20FN3O4. The van der Waals surface area contributed by atoms with Crippen molar-refractivity contribution in [3.05, 3.63) is 89.2 Å². The summed E-state index contributed by atoms with van der Waals surface area (Å²) in [5.74, 6) is -0.389. The molecule has 7 nitrogen and oxygen atoms in total.